The van der Waals surface area contributed by atoms with Gasteiger partial charge >= 0.3 is 12.1 Å². The third-order valence-electron chi connectivity index (χ3n) is 7.11. The van der Waals surface area contributed by atoms with Crippen LogP contribution in [0.3, 0.4) is 0 Å². The molecule has 12 heteroatoms. The van der Waals surface area contributed by atoms with Crippen molar-refractivity contribution in [1.82, 2.24) is 10.1 Å². The Balaban J connectivity index is 1.32. The van der Waals surface area contributed by atoms with Crippen LogP contribution in [0.5, 0.6) is 0 Å². The maximum absolute atomic E-state index is 13.9. The highest BCUT2D eigenvalue weighted by molar-refractivity contribution is 5.71. The van der Waals surface area contributed by atoms with Gasteiger partial charge in [-0.05, 0) is 61.7 Å². The first-order chi connectivity index (χ1) is 18.0. The molecule has 1 saturated heterocycles. The number of carbonyl (C=O) groups is 1. The van der Waals surface area contributed by atoms with Gasteiger partial charge in [-0.25, -0.2) is 8.78 Å². The molecule has 1 aliphatic carbocycles. The van der Waals surface area contributed by atoms with Crippen LogP contribution in [0.25, 0.3) is 22.8 Å². The summed E-state index contributed by atoms with van der Waals surface area (Å²) < 4.78 is 74.0. The second-order valence-corrected chi connectivity index (χ2v) is 9.76. The van der Waals surface area contributed by atoms with Gasteiger partial charge in [-0.2, -0.15) is 18.2 Å². The monoisotopic (exact) mass is 536 g/mol. The van der Waals surface area contributed by atoms with Crippen molar-refractivity contribution in [2.75, 3.05) is 23.3 Å². The maximum atomic E-state index is 13.9. The van der Waals surface area contributed by atoms with Crippen molar-refractivity contribution in [3.8, 4) is 22.8 Å². The van der Waals surface area contributed by atoms with Gasteiger partial charge in [0.2, 0.25) is 5.82 Å². The van der Waals surface area contributed by atoms with Crippen LogP contribution >= 0.6 is 0 Å². The summed E-state index contributed by atoms with van der Waals surface area (Å²) in [6.07, 6.45) is -3.77. The van der Waals surface area contributed by atoms with E-state index in [0.717, 1.165) is 18.2 Å². The molecule has 38 heavy (non-hydrogen) atoms. The fourth-order valence-electron chi connectivity index (χ4n) is 4.99. The molecule has 2 atom stereocenters. The lowest BCUT2D eigenvalue weighted by Crippen LogP contribution is -2.40. The van der Waals surface area contributed by atoms with E-state index >= 15 is 0 Å². The molecule has 202 valence electrons. The van der Waals surface area contributed by atoms with Gasteiger partial charge in [-0.3, -0.25) is 4.79 Å². The quantitative estimate of drug-likeness (QED) is 0.356. The van der Waals surface area contributed by atoms with Crippen LogP contribution in [-0.4, -0.2) is 46.3 Å². The lowest BCUT2D eigenvalue weighted by atomic mass is 10.0. The normalized spacial score (nSPS) is 21.4. The number of benzene rings is 2. The molecule has 1 aliphatic heterocycles. The molecule has 1 aromatic heterocycles. The van der Waals surface area contributed by atoms with Gasteiger partial charge in [-0.15, -0.1) is 0 Å². The standard InChI is InChI=1S/C26H25F5N4O3/c27-25(28)9-11-35(12-10-25)21-8-4-16(14-20(21)26(29,30)31)22-33-23(38-34-22)15-1-5-18(6-2-15)32-19-7-3-17(13-19)24(36)37/h1-2,4-6,8,14,17,19,32H,3,7,9-13H2,(H,36,37)/t17-,19+/m1/s1. The van der Waals surface area contributed by atoms with Gasteiger partial charge in [0.05, 0.1) is 11.5 Å². The van der Waals surface area contributed by atoms with E-state index in [1.807, 2.05) is 0 Å². The Kier molecular flexibility index (Phi) is 6.74. The van der Waals surface area contributed by atoms with Crippen molar-refractivity contribution in [2.24, 2.45) is 5.92 Å². The molecule has 2 fully saturated rings. The van der Waals surface area contributed by atoms with Crippen LogP contribution in [0.1, 0.15) is 37.7 Å². The molecule has 0 amide bonds. The van der Waals surface area contributed by atoms with Gasteiger partial charge in [0, 0.05) is 54.5 Å². The molecular formula is C26H25F5N4O3. The van der Waals surface area contributed by atoms with E-state index < -0.39 is 36.5 Å². The average Bonchev–Trinajstić information content (AvgIpc) is 3.54. The predicted octanol–water partition coefficient (Wildman–Crippen LogP) is 6.32. The second-order valence-electron chi connectivity index (χ2n) is 9.76. The van der Waals surface area contributed by atoms with Crippen molar-refractivity contribution in [2.45, 2.75) is 50.2 Å². The predicted molar refractivity (Wildman–Crippen MR) is 129 cm³/mol. The number of hydrogen-bond donors (Lipinski definition) is 2. The van der Waals surface area contributed by atoms with Crippen molar-refractivity contribution < 1.29 is 36.4 Å². The number of carboxylic acid groups (broad SMARTS) is 1. The summed E-state index contributed by atoms with van der Waals surface area (Å²) in [4.78, 5) is 16.7. The zero-order chi connectivity index (χ0) is 27.1. The fraction of sp³-hybridized carbons (Fsp3) is 0.423. The van der Waals surface area contributed by atoms with Gasteiger partial charge < -0.3 is 19.8 Å². The molecule has 0 unspecified atom stereocenters. The number of halogens is 5. The third-order valence-corrected chi connectivity index (χ3v) is 7.11. The van der Waals surface area contributed by atoms with Gasteiger partial charge in [0.15, 0.2) is 0 Å². The summed E-state index contributed by atoms with van der Waals surface area (Å²) in [6.45, 7) is -0.346. The molecule has 7 nitrogen and oxygen atoms in total. The molecule has 0 radical (unpaired) electrons. The Morgan fingerprint density at radius 2 is 1.74 bits per heavy atom. The smallest absolute Gasteiger partial charge is 0.418 e. The largest absolute Gasteiger partial charge is 0.481 e. The number of piperidine rings is 1. The highest BCUT2D eigenvalue weighted by atomic mass is 19.4. The van der Waals surface area contributed by atoms with Crippen molar-refractivity contribution in [3.63, 3.8) is 0 Å². The van der Waals surface area contributed by atoms with Crippen LogP contribution < -0.4 is 10.2 Å². The first-order valence-corrected chi connectivity index (χ1v) is 12.3. The highest BCUT2D eigenvalue weighted by Gasteiger charge is 2.39. The molecule has 2 N–H and O–H groups in total. The van der Waals surface area contributed by atoms with Crippen molar-refractivity contribution in [3.05, 3.63) is 48.0 Å². The first kappa shape index (κ1) is 25.9. The zero-order valence-electron chi connectivity index (χ0n) is 20.1. The van der Waals surface area contributed by atoms with E-state index in [1.54, 1.807) is 24.3 Å². The molecular weight excluding hydrogens is 511 g/mol. The summed E-state index contributed by atoms with van der Waals surface area (Å²) in [5.74, 6) is -3.92. The average molecular weight is 537 g/mol. The Morgan fingerprint density at radius 1 is 1.05 bits per heavy atom. The number of nitrogens with zero attached hydrogens (tertiary/aromatic N) is 3. The fourth-order valence-corrected chi connectivity index (χ4v) is 4.99. The number of hydrogen-bond acceptors (Lipinski definition) is 6. The number of aliphatic carboxylic acids is 1. The number of alkyl halides is 5. The van der Waals surface area contributed by atoms with E-state index in [9.17, 15) is 26.7 Å². The van der Waals surface area contributed by atoms with E-state index in [-0.39, 0.29) is 48.0 Å². The van der Waals surface area contributed by atoms with Crippen molar-refractivity contribution in [1.29, 1.82) is 0 Å². The van der Waals surface area contributed by atoms with E-state index in [2.05, 4.69) is 15.5 Å². The minimum atomic E-state index is -4.70. The molecule has 0 spiro atoms. The highest BCUT2D eigenvalue weighted by Crippen LogP contribution is 2.41. The summed E-state index contributed by atoms with van der Waals surface area (Å²) in [5, 5.41) is 16.3. The van der Waals surface area contributed by atoms with Gasteiger partial charge in [0.1, 0.15) is 0 Å². The maximum Gasteiger partial charge on any atom is 0.418 e. The zero-order valence-corrected chi connectivity index (χ0v) is 20.1. The topological polar surface area (TPSA) is 91.5 Å². The Labute approximate surface area is 214 Å². The number of aromatic nitrogens is 2. The molecule has 3 aromatic rings. The van der Waals surface area contributed by atoms with Crippen LogP contribution in [0, 0.1) is 5.92 Å². The van der Waals surface area contributed by atoms with E-state index in [0.29, 0.717) is 18.4 Å². The van der Waals surface area contributed by atoms with Crippen LogP contribution in [0.4, 0.5) is 33.3 Å². The summed E-state index contributed by atoms with van der Waals surface area (Å²) in [6, 6.07) is 10.7. The molecule has 2 aliphatic rings. The minimum absolute atomic E-state index is 0.0323. The lowest BCUT2D eigenvalue weighted by Gasteiger charge is -2.34. The third kappa shape index (κ3) is 5.58. The number of rotatable bonds is 6. The number of nitrogens with one attached hydrogen (secondary N) is 1. The summed E-state index contributed by atoms with van der Waals surface area (Å²) in [5.41, 5.74) is 0.349. The first-order valence-electron chi connectivity index (χ1n) is 12.3. The number of carboxylic acids is 1. The second kappa shape index (κ2) is 9.88. The van der Waals surface area contributed by atoms with Crippen LogP contribution in [0.15, 0.2) is 47.0 Å². The SMILES string of the molecule is O=C(O)[C@@H]1CC[C@H](Nc2ccc(-c3nc(-c4ccc(N5CCC(F)(F)CC5)c(C(F)(F)F)c4)no3)cc2)C1. The molecule has 2 aromatic carbocycles. The molecule has 1 saturated carbocycles. The molecule has 5 rings (SSSR count). The number of anilines is 2. The van der Waals surface area contributed by atoms with Gasteiger partial charge in [-0.1, -0.05) is 5.16 Å². The Hall–Kier alpha value is -3.70. The molecule has 2 heterocycles. The Morgan fingerprint density at radius 3 is 2.37 bits per heavy atom. The Bertz CT molecular complexity index is 1300. The van der Waals surface area contributed by atoms with E-state index in [4.69, 9.17) is 9.63 Å². The van der Waals surface area contributed by atoms with Crippen LogP contribution in [-0.2, 0) is 11.0 Å². The molecule has 0 bridgehead atoms. The van der Waals surface area contributed by atoms with Gasteiger partial charge in [0.25, 0.3) is 11.8 Å². The lowest BCUT2D eigenvalue weighted by molar-refractivity contribution is -0.141. The van der Waals surface area contributed by atoms with Crippen LogP contribution in [0.2, 0.25) is 0 Å². The summed E-state index contributed by atoms with van der Waals surface area (Å²) >= 11 is 0. The van der Waals surface area contributed by atoms with Crippen molar-refractivity contribution >= 4 is 17.3 Å². The minimum Gasteiger partial charge on any atom is -0.481 e. The van der Waals surface area contributed by atoms with E-state index in [1.165, 1.54) is 17.0 Å². The summed E-state index contributed by atoms with van der Waals surface area (Å²) in [7, 11) is 0.